The molecule has 0 spiro atoms. The summed E-state index contributed by atoms with van der Waals surface area (Å²) in [4.78, 5) is 41.0. The van der Waals surface area contributed by atoms with E-state index in [2.05, 4.69) is 56.1 Å². The lowest BCUT2D eigenvalue weighted by Crippen LogP contribution is -2.38. The van der Waals surface area contributed by atoms with E-state index in [1.54, 1.807) is 36.7 Å². The van der Waals surface area contributed by atoms with Crippen molar-refractivity contribution in [3.8, 4) is 6.07 Å². The minimum absolute atomic E-state index is 0.169. The highest BCUT2D eigenvalue weighted by molar-refractivity contribution is 7.83. The molecule has 2 aromatic carbocycles. The van der Waals surface area contributed by atoms with Gasteiger partial charge in [0.25, 0.3) is 11.1 Å². The first-order chi connectivity index (χ1) is 30.3. The van der Waals surface area contributed by atoms with Crippen molar-refractivity contribution in [1.82, 2.24) is 19.0 Å². The predicted molar refractivity (Wildman–Crippen MR) is 256 cm³/mol. The molecule has 2 aromatic heterocycles. The van der Waals surface area contributed by atoms with E-state index >= 15 is 0 Å². The van der Waals surface area contributed by atoms with E-state index in [0.29, 0.717) is 47.7 Å². The number of aromatic amines is 2. The van der Waals surface area contributed by atoms with Crippen LogP contribution in [0.2, 0.25) is 0 Å². The third-order valence-corrected chi connectivity index (χ3v) is 14.1. The van der Waals surface area contributed by atoms with E-state index in [9.17, 15) is 18.0 Å². The summed E-state index contributed by atoms with van der Waals surface area (Å²) >= 11 is 0. The normalized spacial score (nSPS) is 19.1. The topological polar surface area (TPSA) is 240 Å². The number of fused-ring (bicyclic) bond motifs is 2. The Morgan fingerprint density at radius 1 is 0.746 bits per heavy atom. The molecule has 17 heteroatoms. The van der Waals surface area contributed by atoms with Crippen LogP contribution in [0.3, 0.4) is 0 Å². The number of amidine groups is 2. The van der Waals surface area contributed by atoms with Crippen LogP contribution >= 0.6 is 0 Å². The van der Waals surface area contributed by atoms with Gasteiger partial charge in [-0.2, -0.15) is 5.26 Å². The van der Waals surface area contributed by atoms with Crippen LogP contribution in [0.4, 0.5) is 22.7 Å². The van der Waals surface area contributed by atoms with E-state index in [4.69, 9.17) is 16.7 Å². The largest absolute Gasteiger partial charge is 0.383 e. The average Bonchev–Trinajstić information content (AvgIpc) is 3.81. The van der Waals surface area contributed by atoms with Crippen LogP contribution in [0, 0.1) is 11.3 Å². The summed E-state index contributed by atoms with van der Waals surface area (Å²) in [5.41, 5.74) is 17.2. The zero-order valence-electron chi connectivity index (χ0n) is 37.3. The van der Waals surface area contributed by atoms with Gasteiger partial charge in [-0.15, -0.1) is 0 Å². The summed E-state index contributed by atoms with van der Waals surface area (Å²) in [6.45, 7) is 12.7. The first-order valence-electron chi connectivity index (χ1n) is 21.8. The number of hydrogen-bond donors (Lipinski definition) is 7. The zero-order valence-corrected chi connectivity index (χ0v) is 38.9. The predicted octanol–water partition coefficient (Wildman–Crippen LogP) is 7.63. The Bertz CT molecular complexity index is 2470. The van der Waals surface area contributed by atoms with Crippen molar-refractivity contribution in [3.63, 3.8) is 0 Å². The molecular weight excluding hydrogens is 835 g/mol. The molecule has 15 nitrogen and oxygen atoms in total. The zero-order chi connectivity index (χ0) is 45.7. The van der Waals surface area contributed by atoms with Gasteiger partial charge in [-0.1, -0.05) is 52.4 Å². The number of pyridine rings is 2. The second kappa shape index (κ2) is 22.8. The van der Waals surface area contributed by atoms with Crippen LogP contribution < -0.4 is 37.9 Å². The monoisotopic (exact) mass is 897 g/mol. The van der Waals surface area contributed by atoms with Gasteiger partial charge in [-0.25, -0.2) is 27.4 Å². The van der Waals surface area contributed by atoms with Gasteiger partial charge in [0.05, 0.1) is 38.6 Å². The van der Waals surface area contributed by atoms with Crippen LogP contribution in [-0.4, -0.2) is 52.0 Å². The van der Waals surface area contributed by atoms with Gasteiger partial charge in [0.2, 0.25) is 0 Å². The molecule has 2 unspecified atom stereocenters. The van der Waals surface area contributed by atoms with Crippen molar-refractivity contribution in [2.45, 2.75) is 146 Å². The van der Waals surface area contributed by atoms with Crippen molar-refractivity contribution in [3.05, 3.63) is 104 Å². The molecule has 0 radical (unpaired) electrons. The molecule has 0 saturated heterocycles. The summed E-state index contributed by atoms with van der Waals surface area (Å²) < 4.78 is 29.4. The molecule has 8 rings (SSSR count). The second-order valence-corrected chi connectivity index (χ2v) is 19.1. The standard InChI is InChI=1S/C23H31N5O2S.C19H23N5O2S.C2H3N.C2H6/c1-23(2,3)28-14-15-13-17(9-10-19(15)31(28)30)27-21(24)20-18(11-12-25-22(20)29)26-16-7-5-4-6-8-16;20-18(24-14-6-7-16-12(10-14)11-22-27(16)26)17-15(8-9-21-19(17)25)23-13-4-2-1-3-5-13;1-2-3;1-2/h9-13,16H,4-8,14H2,1-3H3,(H2,24,27)(H2,25,26,29);6-10,13,22H,1-5,11H2,(H2,20,24)(H2,21,23,25);1H3;1-2H3. The highest BCUT2D eigenvalue weighted by atomic mass is 32.2. The fraction of sp³-hybridized carbons (Fsp3) is 0.457. The van der Waals surface area contributed by atoms with Crippen molar-refractivity contribution < 1.29 is 8.42 Å². The number of H-pyrrole nitrogens is 2. The van der Waals surface area contributed by atoms with E-state index in [-0.39, 0.29) is 28.3 Å². The number of aromatic nitrogens is 2. The molecule has 2 aliphatic heterocycles. The molecule has 2 atom stereocenters. The molecule has 9 N–H and O–H groups in total. The maximum Gasteiger partial charge on any atom is 0.261 e. The molecule has 4 heterocycles. The lowest BCUT2D eigenvalue weighted by Gasteiger charge is -2.29. The Morgan fingerprint density at radius 3 is 1.65 bits per heavy atom. The third kappa shape index (κ3) is 12.6. The summed E-state index contributed by atoms with van der Waals surface area (Å²) in [6, 6.07) is 17.1. The number of benzene rings is 2. The van der Waals surface area contributed by atoms with E-state index in [0.717, 1.165) is 58.0 Å². The number of nitriles is 1. The molecule has 63 heavy (non-hydrogen) atoms. The van der Waals surface area contributed by atoms with Crippen molar-refractivity contribution in [1.29, 1.82) is 5.26 Å². The minimum Gasteiger partial charge on any atom is -0.383 e. The number of hydrogen-bond acceptors (Lipinski definition) is 9. The van der Waals surface area contributed by atoms with Crippen LogP contribution in [0.15, 0.2) is 90.3 Å². The Balaban J connectivity index is 0.000000217. The van der Waals surface area contributed by atoms with E-state index < -0.39 is 22.0 Å². The SMILES string of the molecule is CC.CC#N.CC(C)(C)N1Cc2cc(N=C(N)c3c(NC4CCCCC4)cc[nH]c3=O)ccc2S1=O.NC(=Nc1ccc2c(c1)CNS2=O)c1c(NC2CCCCC2)cc[nH]c1=O. The van der Waals surface area contributed by atoms with Gasteiger partial charge in [0, 0.05) is 50.0 Å². The Labute approximate surface area is 375 Å². The van der Waals surface area contributed by atoms with Gasteiger partial charge >= 0.3 is 0 Å². The molecule has 2 saturated carbocycles. The van der Waals surface area contributed by atoms with Crippen LogP contribution in [0.1, 0.15) is 128 Å². The molecule has 338 valence electrons. The fourth-order valence-corrected chi connectivity index (χ4v) is 10.5. The molecule has 2 fully saturated rings. The molecule has 0 bridgehead atoms. The fourth-order valence-electron chi connectivity index (χ4n) is 7.95. The van der Waals surface area contributed by atoms with E-state index in [1.807, 2.05) is 48.5 Å². The van der Waals surface area contributed by atoms with Crippen LogP contribution in [0.25, 0.3) is 0 Å². The summed E-state index contributed by atoms with van der Waals surface area (Å²) in [5, 5.41) is 14.3. The smallest absolute Gasteiger partial charge is 0.261 e. The lowest BCUT2D eigenvalue weighted by molar-refractivity contribution is 0.264. The van der Waals surface area contributed by atoms with Gasteiger partial charge in [-0.3, -0.25) is 9.59 Å². The number of rotatable bonds is 8. The molecule has 2 aliphatic carbocycles. The first kappa shape index (κ1) is 48.6. The Morgan fingerprint density at radius 2 is 1.19 bits per heavy atom. The molecular formula is C46H63N11O4S2. The summed E-state index contributed by atoms with van der Waals surface area (Å²) in [7, 11) is -2.35. The highest BCUT2D eigenvalue weighted by Gasteiger charge is 2.35. The first-order valence-corrected chi connectivity index (χ1v) is 24.1. The lowest BCUT2D eigenvalue weighted by atomic mass is 9.95. The number of nitrogens with two attached hydrogens (primary N) is 2. The third-order valence-electron chi connectivity index (χ3n) is 11.0. The Kier molecular flexibility index (Phi) is 17.6. The molecule has 0 amide bonds. The number of aliphatic imine (C=N–C) groups is 2. The molecule has 4 aliphatic rings. The van der Waals surface area contributed by atoms with Crippen LogP contribution in [0.5, 0.6) is 0 Å². The maximum atomic E-state index is 12.8. The molecule has 4 aromatic rings. The number of anilines is 2. The van der Waals surface area contributed by atoms with Gasteiger partial charge in [0.1, 0.15) is 44.8 Å². The van der Waals surface area contributed by atoms with Gasteiger partial charge in [0.15, 0.2) is 0 Å². The van der Waals surface area contributed by atoms with Crippen molar-refractivity contribution in [2.24, 2.45) is 21.5 Å². The highest BCUT2D eigenvalue weighted by Crippen LogP contribution is 2.35. The van der Waals surface area contributed by atoms with Crippen molar-refractivity contribution in [2.75, 3.05) is 10.6 Å². The summed E-state index contributed by atoms with van der Waals surface area (Å²) in [5.74, 6) is 0.342. The summed E-state index contributed by atoms with van der Waals surface area (Å²) in [6.07, 6.45) is 15.0. The average molecular weight is 898 g/mol. The van der Waals surface area contributed by atoms with Gasteiger partial charge < -0.3 is 32.1 Å². The minimum atomic E-state index is -1.19. The second-order valence-electron chi connectivity index (χ2n) is 16.5. The number of nitrogens with one attached hydrogen (secondary N) is 5. The Hall–Kier alpha value is -5.41. The quantitative estimate of drug-likeness (QED) is 0.0679. The van der Waals surface area contributed by atoms with Crippen LogP contribution in [-0.2, 0) is 35.1 Å². The maximum absolute atomic E-state index is 12.8. The van der Waals surface area contributed by atoms with E-state index in [1.165, 1.54) is 45.4 Å². The van der Waals surface area contributed by atoms with Crippen molar-refractivity contribution >= 4 is 56.4 Å². The number of nitrogens with zero attached hydrogens (tertiary/aromatic N) is 4. The van der Waals surface area contributed by atoms with Gasteiger partial charge in [-0.05, 0) is 106 Å².